The third-order valence-corrected chi connectivity index (χ3v) is 9.11. The third kappa shape index (κ3) is 7.05. The first-order valence-electron chi connectivity index (χ1n) is 7.26. The molecule has 0 aliphatic carbocycles. The average molecular weight is 317 g/mol. The molecule has 0 saturated heterocycles. The lowest BCUT2D eigenvalue weighted by atomic mass is 10.1. The summed E-state index contributed by atoms with van der Waals surface area (Å²) in [5, 5.41) is 19.2. The number of hydrogen-bond acceptors (Lipinski definition) is 3. The van der Waals surface area contributed by atoms with Gasteiger partial charge in [0.05, 0.1) is 25.2 Å². The van der Waals surface area contributed by atoms with Crippen LogP contribution in [-0.2, 0) is 4.43 Å². The highest BCUT2D eigenvalue weighted by Crippen LogP contribution is 2.36. The second-order valence-electron chi connectivity index (χ2n) is 7.95. The molecule has 0 aromatic carbocycles. The quantitative estimate of drug-likeness (QED) is 0.606. The highest BCUT2D eigenvalue weighted by Gasteiger charge is 2.38. The molecule has 0 fully saturated rings. The molecule has 0 amide bonds. The number of hydrogen-bond donors (Lipinski definition) is 2. The van der Waals surface area contributed by atoms with Crippen LogP contribution in [0.5, 0.6) is 0 Å². The Kier molecular flexibility index (Phi) is 7.19. The van der Waals surface area contributed by atoms with E-state index in [-0.39, 0.29) is 17.6 Å². The van der Waals surface area contributed by atoms with E-state index < -0.39 is 22.5 Å². The summed E-state index contributed by atoms with van der Waals surface area (Å²) < 4.78 is 6.12. The van der Waals surface area contributed by atoms with Gasteiger partial charge in [0.2, 0.25) is 0 Å². The minimum atomic E-state index is -1.85. The maximum absolute atomic E-state index is 9.91. The standard InChI is InChI=1S/C15H32O3Si2/c1-15(2,3)20(7,8)18-12-13(14(17)11-16)9-10-19(4,5)6/h13-14,16-17H,11-12H2,1-8H3/t13-,14-/m1/s1. The summed E-state index contributed by atoms with van der Waals surface area (Å²) in [5.74, 6) is 2.83. The van der Waals surface area contributed by atoms with Gasteiger partial charge in [0, 0.05) is 0 Å². The number of aliphatic hydroxyl groups is 2. The van der Waals surface area contributed by atoms with Gasteiger partial charge in [-0.05, 0) is 18.1 Å². The Morgan fingerprint density at radius 1 is 1.10 bits per heavy atom. The van der Waals surface area contributed by atoms with Crippen molar-refractivity contribution in [1.29, 1.82) is 0 Å². The monoisotopic (exact) mass is 316 g/mol. The van der Waals surface area contributed by atoms with Crippen LogP contribution in [0.25, 0.3) is 0 Å². The van der Waals surface area contributed by atoms with Gasteiger partial charge in [-0.2, -0.15) is 0 Å². The van der Waals surface area contributed by atoms with E-state index in [2.05, 4.69) is 65.0 Å². The van der Waals surface area contributed by atoms with Crippen LogP contribution in [-0.4, -0.2) is 45.9 Å². The van der Waals surface area contributed by atoms with E-state index in [9.17, 15) is 10.2 Å². The van der Waals surface area contributed by atoms with Crippen LogP contribution in [0.3, 0.4) is 0 Å². The Labute approximate surface area is 126 Å². The molecule has 0 aliphatic heterocycles. The van der Waals surface area contributed by atoms with Crippen LogP contribution in [0.1, 0.15) is 20.8 Å². The second kappa shape index (κ2) is 7.23. The van der Waals surface area contributed by atoms with E-state index in [0.29, 0.717) is 6.61 Å². The maximum atomic E-state index is 9.91. The van der Waals surface area contributed by atoms with E-state index in [1.807, 2.05) is 0 Å². The largest absolute Gasteiger partial charge is 0.415 e. The SMILES string of the molecule is CC(C)(C)[Si](C)(C)OC[C@@H](C#C[Si](C)(C)C)[C@H](O)CO. The first-order chi connectivity index (χ1) is 8.80. The number of aliphatic hydroxyl groups excluding tert-OH is 2. The molecule has 0 aromatic rings. The predicted octanol–water partition coefficient (Wildman–Crippen LogP) is 2.86. The van der Waals surface area contributed by atoms with E-state index in [1.165, 1.54) is 0 Å². The zero-order valence-corrected chi connectivity index (χ0v) is 16.4. The van der Waals surface area contributed by atoms with Gasteiger partial charge in [0.15, 0.2) is 8.32 Å². The molecule has 5 heteroatoms. The lowest BCUT2D eigenvalue weighted by Gasteiger charge is -2.37. The zero-order valence-electron chi connectivity index (χ0n) is 14.4. The van der Waals surface area contributed by atoms with Gasteiger partial charge >= 0.3 is 0 Å². The third-order valence-electron chi connectivity index (χ3n) is 3.71. The van der Waals surface area contributed by atoms with Gasteiger partial charge in [-0.15, -0.1) is 11.5 Å². The molecule has 2 N–H and O–H groups in total. The minimum absolute atomic E-state index is 0.133. The molecule has 20 heavy (non-hydrogen) atoms. The molecule has 0 aliphatic rings. The smallest absolute Gasteiger partial charge is 0.192 e. The molecule has 0 rings (SSSR count). The molecule has 2 atom stereocenters. The summed E-state index contributed by atoms with van der Waals surface area (Å²) in [6.45, 7) is 17.5. The molecule has 3 nitrogen and oxygen atoms in total. The van der Waals surface area contributed by atoms with Crippen molar-refractivity contribution in [2.24, 2.45) is 5.92 Å². The summed E-state index contributed by atoms with van der Waals surface area (Å²) >= 11 is 0. The van der Waals surface area contributed by atoms with E-state index >= 15 is 0 Å². The topological polar surface area (TPSA) is 49.7 Å². The van der Waals surface area contributed by atoms with E-state index in [4.69, 9.17) is 4.43 Å². The zero-order chi connectivity index (χ0) is 16.2. The van der Waals surface area contributed by atoms with Gasteiger partial charge < -0.3 is 14.6 Å². The summed E-state index contributed by atoms with van der Waals surface area (Å²) in [6, 6.07) is 0. The van der Waals surface area contributed by atoms with Crippen LogP contribution in [0.2, 0.25) is 37.8 Å². The second-order valence-corrected chi connectivity index (χ2v) is 17.5. The van der Waals surface area contributed by atoms with Crippen molar-refractivity contribution >= 4 is 16.4 Å². The summed E-state index contributed by atoms with van der Waals surface area (Å²) in [7, 11) is -3.34. The van der Waals surface area contributed by atoms with E-state index in [1.54, 1.807) is 0 Å². The summed E-state index contributed by atoms with van der Waals surface area (Å²) in [4.78, 5) is 0. The average Bonchev–Trinajstić information content (AvgIpc) is 2.25. The molecule has 0 radical (unpaired) electrons. The fraction of sp³-hybridized carbons (Fsp3) is 0.867. The fourth-order valence-electron chi connectivity index (χ4n) is 1.20. The number of rotatable bonds is 5. The molecular weight excluding hydrogens is 284 g/mol. The lowest BCUT2D eigenvalue weighted by Crippen LogP contribution is -2.43. The molecule has 0 unspecified atom stereocenters. The maximum Gasteiger partial charge on any atom is 0.192 e. The van der Waals surface area contributed by atoms with Crippen molar-refractivity contribution in [2.45, 2.75) is 64.6 Å². The van der Waals surface area contributed by atoms with Crippen LogP contribution >= 0.6 is 0 Å². The Balaban J connectivity index is 4.89. The Morgan fingerprint density at radius 3 is 1.95 bits per heavy atom. The van der Waals surface area contributed by atoms with Crippen molar-refractivity contribution < 1.29 is 14.6 Å². The molecule has 0 aromatic heterocycles. The fourth-order valence-corrected chi connectivity index (χ4v) is 2.85. The van der Waals surface area contributed by atoms with Crippen LogP contribution in [0.4, 0.5) is 0 Å². The van der Waals surface area contributed by atoms with Gasteiger partial charge in [-0.1, -0.05) is 40.4 Å². The van der Waals surface area contributed by atoms with Crippen molar-refractivity contribution in [3.05, 3.63) is 0 Å². The molecule has 0 heterocycles. The molecular formula is C15H32O3Si2. The van der Waals surface area contributed by atoms with Gasteiger partial charge in [-0.25, -0.2) is 0 Å². The Morgan fingerprint density at radius 2 is 1.60 bits per heavy atom. The molecule has 0 spiro atoms. The first-order valence-corrected chi connectivity index (χ1v) is 13.7. The Hall–Kier alpha value is -0.126. The van der Waals surface area contributed by atoms with Crippen LogP contribution in [0, 0.1) is 17.4 Å². The summed E-state index contributed by atoms with van der Waals surface area (Å²) in [6.07, 6.45) is -0.830. The van der Waals surface area contributed by atoms with Crippen molar-refractivity contribution in [3.8, 4) is 11.5 Å². The summed E-state index contributed by atoms with van der Waals surface area (Å²) in [5.41, 5.74) is 3.27. The van der Waals surface area contributed by atoms with Gasteiger partial charge in [0.25, 0.3) is 0 Å². The van der Waals surface area contributed by atoms with Crippen LogP contribution in [0.15, 0.2) is 0 Å². The van der Waals surface area contributed by atoms with E-state index in [0.717, 1.165) is 0 Å². The highest BCUT2D eigenvalue weighted by molar-refractivity contribution is 6.83. The van der Waals surface area contributed by atoms with Gasteiger partial charge in [-0.3, -0.25) is 0 Å². The van der Waals surface area contributed by atoms with Crippen molar-refractivity contribution in [3.63, 3.8) is 0 Å². The van der Waals surface area contributed by atoms with Crippen molar-refractivity contribution in [1.82, 2.24) is 0 Å². The van der Waals surface area contributed by atoms with Gasteiger partial charge in [0.1, 0.15) is 8.07 Å². The van der Waals surface area contributed by atoms with Crippen molar-refractivity contribution in [2.75, 3.05) is 13.2 Å². The predicted molar refractivity (Wildman–Crippen MR) is 90.9 cm³/mol. The normalized spacial score (nSPS) is 16.3. The minimum Gasteiger partial charge on any atom is -0.415 e. The lowest BCUT2D eigenvalue weighted by molar-refractivity contribution is 0.0467. The molecule has 118 valence electrons. The molecule has 0 bridgehead atoms. The highest BCUT2D eigenvalue weighted by atomic mass is 28.4. The first kappa shape index (κ1) is 19.9. The molecule has 0 saturated carbocycles. The Bertz CT molecular complexity index is 356. The van der Waals surface area contributed by atoms with Crippen LogP contribution < -0.4 is 0 Å².